The molecule has 1 unspecified atom stereocenters. The van der Waals surface area contributed by atoms with Crippen LogP contribution < -0.4 is 25.6 Å². The highest BCUT2D eigenvalue weighted by Crippen LogP contribution is 2.29. The number of piperazine rings is 1. The molecule has 20 heteroatoms. The van der Waals surface area contributed by atoms with Crippen LogP contribution in [0.2, 0.25) is 0 Å². The lowest BCUT2D eigenvalue weighted by atomic mass is 9.97. The molecule has 5 amide bonds. The summed E-state index contributed by atoms with van der Waals surface area (Å²) >= 11 is 0. The molecular weight excluding hydrogens is 799 g/mol. The molecule has 2 fully saturated rings. The van der Waals surface area contributed by atoms with Gasteiger partial charge in [0.15, 0.2) is 11.8 Å². The minimum absolute atomic E-state index is 0.00400. The van der Waals surface area contributed by atoms with Crippen molar-refractivity contribution in [1.29, 1.82) is 0 Å². The number of nitrogens with zero attached hydrogens (tertiary/aromatic N) is 10. The second-order valence-electron chi connectivity index (χ2n) is 16.1. The fourth-order valence-corrected chi connectivity index (χ4v) is 7.08. The Labute approximate surface area is 355 Å². The van der Waals surface area contributed by atoms with Crippen LogP contribution in [0.4, 0.5) is 5.69 Å². The summed E-state index contributed by atoms with van der Waals surface area (Å²) in [6, 6.07) is 14.4. The third-order valence-electron chi connectivity index (χ3n) is 10.6. The largest absolute Gasteiger partial charge is 0.481 e. The van der Waals surface area contributed by atoms with Gasteiger partial charge in [0, 0.05) is 68.7 Å². The molecule has 2 aliphatic heterocycles. The smallest absolute Gasteiger partial charge is 0.292 e. The van der Waals surface area contributed by atoms with Gasteiger partial charge in [-0.05, 0) is 54.4 Å². The second-order valence-corrected chi connectivity index (χ2v) is 16.1. The van der Waals surface area contributed by atoms with Crippen LogP contribution in [0.3, 0.4) is 0 Å². The van der Waals surface area contributed by atoms with Crippen LogP contribution in [-0.2, 0) is 28.1 Å². The molecule has 0 radical (unpaired) electrons. The minimum atomic E-state index is -0.764. The molecule has 20 nitrogen and oxygen atoms in total. The summed E-state index contributed by atoms with van der Waals surface area (Å²) in [6.45, 7) is 10.8. The summed E-state index contributed by atoms with van der Waals surface area (Å²) in [5, 5.41) is 24.4. The van der Waals surface area contributed by atoms with E-state index in [-0.39, 0.29) is 47.6 Å². The van der Waals surface area contributed by atoms with Gasteiger partial charge in [-0.3, -0.25) is 29.3 Å². The topological polar surface area (TPSA) is 237 Å². The zero-order chi connectivity index (χ0) is 43.5. The molecule has 8 rings (SSSR count). The predicted octanol–water partition coefficient (Wildman–Crippen LogP) is 2.48. The van der Waals surface area contributed by atoms with Crippen LogP contribution >= 0.6 is 0 Å². The molecule has 0 saturated carbocycles. The lowest BCUT2D eigenvalue weighted by molar-refractivity contribution is -0.138. The van der Waals surface area contributed by atoms with Gasteiger partial charge >= 0.3 is 0 Å². The highest BCUT2D eigenvalue weighted by Gasteiger charge is 2.29. The molecule has 3 N–H and O–H groups in total. The lowest BCUT2D eigenvalue weighted by Crippen LogP contribution is -2.48. The molecule has 2 aliphatic rings. The van der Waals surface area contributed by atoms with Crippen molar-refractivity contribution in [3.05, 3.63) is 101 Å². The number of carbonyl (C=O) groups excluding carboxylic acids is 5. The van der Waals surface area contributed by atoms with Crippen molar-refractivity contribution in [2.24, 2.45) is 0 Å². The first-order chi connectivity index (χ1) is 29.8. The summed E-state index contributed by atoms with van der Waals surface area (Å²) in [6.07, 6.45) is 4.78. The first kappa shape index (κ1) is 41.2. The van der Waals surface area contributed by atoms with Crippen molar-refractivity contribution in [1.82, 2.24) is 60.6 Å². The van der Waals surface area contributed by atoms with E-state index < -0.39 is 17.9 Å². The Morgan fingerprint density at radius 2 is 1.76 bits per heavy atom. The van der Waals surface area contributed by atoms with E-state index in [9.17, 15) is 24.0 Å². The standard InChI is InChI=1S/C42H45N13O7/c1-25-19-27(5-6-28(25)21-44-39(59)36-48-41(62-50-36)42(2,3)4)35-32-20-29(22-55(32)46-24-45-35)52-15-17-53(18-16-52)40(60)31-23-54(51-49-31)14-13-43-37(57)26-7-9-30(10-8-26)61-33-11-12-34(56)47-38(33)58/h5-10,19-20,22-24,33H,11-18,21H2,1-4H3,(H,43,57)(H,44,59)(H,47,56,58). The third-order valence-corrected chi connectivity index (χ3v) is 10.6. The molecular formula is C42H45N13O7. The summed E-state index contributed by atoms with van der Waals surface area (Å²) in [4.78, 5) is 75.0. The minimum Gasteiger partial charge on any atom is -0.481 e. The van der Waals surface area contributed by atoms with E-state index in [0.29, 0.717) is 62.9 Å². The van der Waals surface area contributed by atoms with Gasteiger partial charge in [0.25, 0.3) is 29.5 Å². The number of hydrogen-bond acceptors (Lipinski definition) is 14. The molecule has 320 valence electrons. The number of fused-ring (bicyclic) bond motifs is 1. The van der Waals surface area contributed by atoms with Crippen LogP contribution in [-0.4, -0.2) is 113 Å². The molecule has 62 heavy (non-hydrogen) atoms. The SMILES string of the molecule is Cc1cc(-c2ncnn3cc(N4CCN(C(=O)c5cn(CCNC(=O)c6ccc(OC7CCC(=O)NC7=O)cc6)nn5)CC4)cc23)ccc1CNC(=O)c1noc(C(C)(C)C)n1. The van der Waals surface area contributed by atoms with E-state index in [1.807, 2.05) is 58.2 Å². The Morgan fingerprint density at radius 1 is 0.968 bits per heavy atom. The Hall–Kier alpha value is -7.51. The van der Waals surface area contributed by atoms with E-state index in [0.717, 1.165) is 33.6 Å². The molecule has 0 spiro atoms. The van der Waals surface area contributed by atoms with Crippen LogP contribution in [0.1, 0.15) is 82.1 Å². The number of imide groups is 1. The first-order valence-corrected chi connectivity index (χ1v) is 20.2. The monoisotopic (exact) mass is 843 g/mol. The average Bonchev–Trinajstić information content (AvgIpc) is 4.05. The van der Waals surface area contributed by atoms with E-state index >= 15 is 0 Å². The van der Waals surface area contributed by atoms with Gasteiger partial charge in [0.1, 0.15) is 12.1 Å². The molecule has 6 heterocycles. The maximum Gasteiger partial charge on any atom is 0.292 e. The van der Waals surface area contributed by atoms with Gasteiger partial charge in [0.2, 0.25) is 11.8 Å². The van der Waals surface area contributed by atoms with Crippen LogP contribution in [0.5, 0.6) is 5.75 Å². The maximum absolute atomic E-state index is 13.4. The fourth-order valence-electron chi connectivity index (χ4n) is 7.08. The van der Waals surface area contributed by atoms with E-state index in [4.69, 9.17) is 9.26 Å². The second kappa shape index (κ2) is 17.2. The Bertz CT molecular complexity index is 2650. The number of amides is 5. The van der Waals surface area contributed by atoms with Gasteiger partial charge in [-0.2, -0.15) is 10.1 Å². The normalized spacial score (nSPS) is 15.7. The number of hydrogen-bond donors (Lipinski definition) is 3. The number of rotatable bonds is 12. The summed E-state index contributed by atoms with van der Waals surface area (Å²) in [5.41, 5.74) is 5.61. The zero-order valence-corrected chi connectivity index (χ0v) is 34.6. The summed E-state index contributed by atoms with van der Waals surface area (Å²) in [5.74, 6) is -0.948. The van der Waals surface area contributed by atoms with Gasteiger partial charge in [-0.1, -0.05) is 43.3 Å². The van der Waals surface area contributed by atoms with Crippen molar-refractivity contribution in [2.75, 3.05) is 37.6 Å². The van der Waals surface area contributed by atoms with Crippen molar-refractivity contribution >= 4 is 40.7 Å². The molecule has 0 aliphatic carbocycles. The number of piperidine rings is 1. The van der Waals surface area contributed by atoms with Gasteiger partial charge in [-0.15, -0.1) is 5.10 Å². The van der Waals surface area contributed by atoms with E-state index in [2.05, 4.69) is 51.4 Å². The van der Waals surface area contributed by atoms with E-state index in [1.54, 1.807) is 39.9 Å². The number of benzene rings is 2. The van der Waals surface area contributed by atoms with Crippen LogP contribution in [0.25, 0.3) is 16.8 Å². The summed E-state index contributed by atoms with van der Waals surface area (Å²) < 4.78 is 14.2. The van der Waals surface area contributed by atoms with Gasteiger partial charge in [0.05, 0.1) is 35.8 Å². The number of anilines is 1. The van der Waals surface area contributed by atoms with Crippen LogP contribution in [0.15, 0.2) is 71.8 Å². The fraction of sp³-hybridized carbons (Fsp3) is 0.357. The van der Waals surface area contributed by atoms with Gasteiger partial charge in [-0.25, -0.2) is 14.2 Å². The Kier molecular flexibility index (Phi) is 11.5. The zero-order valence-electron chi connectivity index (χ0n) is 34.6. The molecule has 4 aromatic heterocycles. The summed E-state index contributed by atoms with van der Waals surface area (Å²) in [7, 11) is 0. The maximum atomic E-state index is 13.4. The molecule has 1 atom stereocenters. The number of aromatic nitrogens is 8. The highest BCUT2D eigenvalue weighted by atomic mass is 16.5. The quantitative estimate of drug-likeness (QED) is 0.150. The molecule has 2 saturated heterocycles. The number of aryl methyl sites for hydroxylation is 1. The number of nitrogens with one attached hydrogen (secondary N) is 3. The number of carbonyl (C=O) groups is 5. The van der Waals surface area contributed by atoms with Crippen LogP contribution in [0, 0.1) is 6.92 Å². The van der Waals surface area contributed by atoms with E-state index in [1.165, 1.54) is 11.0 Å². The van der Waals surface area contributed by atoms with Crippen molar-refractivity contribution in [3.63, 3.8) is 0 Å². The van der Waals surface area contributed by atoms with Gasteiger partial charge < -0.3 is 29.7 Å². The Balaban J connectivity index is 0.810. The average molecular weight is 844 g/mol. The highest BCUT2D eigenvalue weighted by molar-refractivity contribution is 6.00. The molecule has 6 aromatic rings. The lowest BCUT2D eigenvalue weighted by Gasteiger charge is -2.35. The first-order valence-electron chi connectivity index (χ1n) is 20.2. The third kappa shape index (κ3) is 9.13. The predicted molar refractivity (Wildman–Crippen MR) is 221 cm³/mol. The van der Waals surface area contributed by atoms with Crippen molar-refractivity contribution in [2.45, 2.75) is 65.1 Å². The number of ether oxygens (including phenoxy) is 1. The molecule has 0 bridgehead atoms. The van der Waals surface area contributed by atoms with Crippen molar-refractivity contribution < 1.29 is 33.2 Å². The molecule has 2 aromatic carbocycles. The van der Waals surface area contributed by atoms with Crippen molar-refractivity contribution in [3.8, 4) is 17.0 Å². The Morgan fingerprint density at radius 3 is 2.48 bits per heavy atom.